The van der Waals surface area contributed by atoms with Gasteiger partial charge in [0.1, 0.15) is 5.82 Å². The number of carboxylic acid groups (broad SMARTS) is 2. The standard InChI is InChI=1S/C26H26FN3O3.C2HF3O2/c1-17-4-3-5-22(14-17)30-13-12-29(16-18(30)2)24-11-10-21(15-23(24)26(32)33)28-25(31)19-6-8-20(27)9-7-19;3-2(4,5)1(6)7/h3-11,14-15,18H,12-13,16H2,1-2H3,(H,28,31)(H,32,33);(H,6,7). The lowest BCUT2D eigenvalue weighted by Gasteiger charge is -2.42. The zero-order valence-corrected chi connectivity index (χ0v) is 21.6. The number of nitrogens with one attached hydrogen (secondary N) is 1. The highest BCUT2D eigenvalue weighted by Gasteiger charge is 2.38. The third-order valence-corrected chi connectivity index (χ3v) is 6.14. The molecule has 1 aliphatic heterocycles. The second-order valence-corrected chi connectivity index (χ2v) is 9.13. The number of alkyl halides is 3. The number of carboxylic acids is 2. The molecule has 1 unspecified atom stereocenters. The number of piperazine rings is 1. The fourth-order valence-electron chi connectivity index (χ4n) is 4.23. The third kappa shape index (κ3) is 7.71. The van der Waals surface area contributed by atoms with Crippen LogP contribution in [-0.4, -0.2) is 59.9 Å². The number of benzene rings is 3. The van der Waals surface area contributed by atoms with Crippen molar-refractivity contribution >= 4 is 34.9 Å². The Morgan fingerprint density at radius 2 is 1.60 bits per heavy atom. The summed E-state index contributed by atoms with van der Waals surface area (Å²) in [6, 6.07) is 18.6. The van der Waals surface area contributed by atoms with E-state index in [9.17, 15) is 32.3 Å². The summed E-state index contributed by atoms with van der Waals surface area (Å²) in [6.07, 6.45) is -5.08. The number of nitrogens with zero attached hydrogens (tertiary/aromatic N) is 2. The molecule has 212 valence electrons. The first-order valence-corrected chi connectivity index (χ1v) is 12.1. The summed E-state index contributed by atoms with van der Waals surface area (Å²) in [5.41, 5.74) is 3.78. The minimum Gasteiger partial charge on any atom is -0.478 e. The van der Waals surface area contributed by atoms with Gasteiger partial charge in [0.05, 0.1) is 11.3 Å². The van der Waals surface area contributed by atoms with E-state index in [0.29, 0.717) is 30.0 Å². The van der Waals surface area contributed by atoms with Crippen molar-refractivity contribution in [2.75, 3.05) is 34.8 Å². The Morgan fingerprint density at radius 3 is 2.15 bits per heavy atom. The second kappa shape index (κ2) is 12.5. The van der Waals surface area contributed by atoms with E-state index in [1.54, 1.807) is 12.1 Å². The molecular formula is C28H27F4N3O5. The van der Waals surface area contributed by atoms with Crippen LogP contribution in [0, 0.1) is 12.7 Å². The molecule has 0 aliphatic carbocycles. The van der Waals surface area contributed by atoms with Crippen LogP contribution in [0.3, 0.4) is 0 Å². The topological polar surface area (TPSA) is 110 Å². The van der Waals surface area contributed by atoms with Crippen LogP contribution in [-0.2, 0) is 4.79 Å². The molecule has 1 heterocycles. The van der Waals surface area contributed by atoms with E-state index in [2.05, 4.69) is 47.2 Å². The quantitative estimate of drug-likeness (QED) is 0.356. The van der Waals surface area contributed by atoms with Gasteiger partial charge in [0.15, 0.2) is 0 Å². The Bertz CT molecular complexity index is 1380. The number of carbonyl (C=O) groups is 3. The molecule has 3 N–H and O–H groups in total. The van der Waals surface area contributed by atoms with Crippen LogP contribution in [0.2, 0.25) is 0 Å². The van der Waals surface area contributed by atoms with Gasteiger partial charge in [-0.25, -0.2) is 14.0 Å². The van der Waals surface area contributed by atoms with E-state index < -0.39 is 29.8 Å². The van der Waals surface area contributed by atoms with Crippen LogP contribution in [0.4, 0.5) is 34.6 Å². The summed E-state index contributed by atoms with van der Waals surface area (Å²) in [4.78, 5) is 37.8. The van der Waals surface area contributed by atoms with Gasteiger partial charge in [0.25, 0.3) is 5.91 Å². The van der Waals surface area contributed by atoms with Gasteiger partial charge in [-0.2, -0.15) is 13.2 Å². The number of aromatic carboxylic acids is 1. The number of aliphatic carboxylic acids is 1. The second-order valence-electron chi connectivity index (χ2n) is 9.13. The van der Waals surface area contributed by atoms with E-state index in [1.807, 2.05) is 6.07 Å². The van der Waals surface area contributed by atoms with Gasteiger partial charge in [-0.15, -0.1) is 0 Å². The number of halogens is 4. The van der Waals surface area contributed by atoms with Crippen molar-refractivity contribution in [2.24, 2.45) is 0 Å². The van der Waals surface area contributed by atoms with E-state index in [1.165, 1.54) is 41.6 Å². The Morgan fingerprint density at radius 1 is 0.950 bits per heavy atom. The fraction of sp³-hybridized carbons (Fsp3) is 0.250. The lowest BCUT2D eigenvalue weighted by molar-refractivity contribution is -0.192. The van der Waals surface area contributed by atoms with Gasteiger partial charge in [0, 0.05) is 42.6 Å². The van der Waals surface area contributed by atoms with Crippen molar-refractivity contribution in [1.29, 1.82) is 0 Å². The maximum absolute atomic E-state index is 13.1. The van der Waals surface area contributed by atoms with Crippen molar-refractivity contribution in [3.8, 4) is 0 Å². The van der Waals surface area contributed by atoms with E-state index in [0.717, 1.165) is 6.54 Å². The highest BCUT2D eigenvalue weighted by Crippen LogP contribution is 2.29. The molecule has 1 aliphatic rings. The highest BCUT2D eigenvalue weighted by molar-refractivity contribution is 6.05. The molecule has 0 aromatic heterocycles. The van der Waals surface area contributed by atoms with Gasteiger partial charge in [-0.3, -0.25) is 4.79 Å². The SMILES string of the molecule is Cc1cccc(N2CCN(c3ccc(NC(=O)c4ccc(F)cc4)cc3C(=O)O)CC2C)c1.O=C(O)C(F)(F)F. The molecule has 3 aromatic rings. The predicted octanol–water partition coefficient (Wildman–Crippen LogP) is 5.43. The summed E-state index contributed by atoms with van der Waals surface area (Å²) in [5, 5.41) is 19.7. The highest BCUT2D eigenvalue weighted by atomic mass is 19.4. The first kappa shape index (κ1) is 29.9. The summed E-state index contributed by atoms with van der Waals surface area (Å²) in [7, 11) is 0. The van der Waals surface area contributed by atoms with Crippen LogP contribution in [0.5, 0.6) is 0 Å². The largest absolute Gasteiger partial charge is 0.490 e. The molecule has 1 saturated heterocycles. The molecule has 0 bridgehead atoms. The van der Waals surface area contributed by atoms with Crippen molar-refractivity contribution in [3.05, 3.63) is 89.2 Å². The van der Waals surface area contributed by atoms with Crippen molar-refractivity contribution in [1.82, 2.24) is 0 Å². The van der Waals surface area contributed by atoms with Crippen LogP contribution in [0.15, 0.2) is 66.7 Å². The van der Waals surface area contributed by atoms with Crippen LogP contribution < -0.4 is 15.1 Å². The van der Waals surface area contributed by atoms with Crippen molar-refractivity contribution < 1.29 is 42.2 Å². The Balaban J connectivity index is 0.000000559. The Hall–Kier alpha value is -4.61. The first-order chi connectivity index (χ1) is 18.8. The summed E-state index contributed by atoms with van der Waals surface area (Å²) in [6.45, 7) is 6.33. The average molecular weight is 562 g/mol. The van der Waals surface area contributed by atoms with Gasteiger partial charge in [0.2, 0.25) is 0 Å². The van der Waals surface area contributed by atoms with E-state index >= 15 is 0 Å². The molecule has 4 rings (SSSR count). The zero-order valence-electron chi connectivity index (χ0n) is 21.6. The summed E-state index contributed by atoms with van der Waals surface area (Å²) in [5.74, 6) is -4.68. The molecule has 3 aromatic carbocycles. The molecule has 0 spiro atoms. The normalized spacial score (nSPS) is 15.1. The molecule has 12 heteroatoms. The first-order valence-electron chi connectivity index (χ1n) is 12.1. The number of hydrogen-bond donors (Lipinski definition) is 3. The summed E-state index contributed by atoms with van der Waals surface area (Å²) < 4.78 is 44.8. The van der Waals surface area contributed by atoms with Gasteiger partial charge >= 0.3 is 18.1 Å². The van der Waals surface area contributed by atoms with Crippen LogP contribution in [0.25, 0.3) is 0 Å². The molecule has 1 fully saturated rings. The molecular weight excluding hydrogens is 534 g/mol. The summed E-state index contributed by atoms with van der Waals surface area (Å²) >= 11 is 0. The number of rotatable bonds is 5. The van der Waals surface area contributed by atoms with Crippen LogP contribution in [0.1, 0.15) is 33.2 Å². The molecule has 40 heavy (non-hydrogen) atoms. The van der Waals surface area contributed by atoms with E-state index in [-0.39, 0.29) is 11.6 Å². The molecule has 8 nitrogen and oxygen atoms in total. The number of aryl methyl sites for hydroxylation is 1. The number of carbonyl (C=O) groups excluding carboxylic acids is 1. The maximum Gasteiger partial charge on any atom is 0.490 e. The fourth-order valence-corrected chi connectivity index (χ4v) is 4.23. The Labute approximate surface area is 227 Å². The monoisotopic (exact) mass is 561 g/mol. The lowest BCUT2D eigenvalue weighted by atomic mass is 10.1. The van der Waals surface area contributed by atoms with Gasteiger partial charge in [-0.05, 0) is 74.0 Å². The molecule has 0 radical (unpaired) electrons. The average Bonchev–Trinajstić information content (AvgIpc) is 2.88. The van der Waals surface area contributed by atoms with Crippen LogP contribution >= 0.6 is 0 Å². The van der Waals surface area contributed by atoms with E-state index in [4.69, 9.17) is 9.90 Å². The third-order valence-electron chi connectivity index (χ3n) is 6.14. The maximum atomic E-state index is 13.1. The predicted molar refractivity (Wildman–Crippen MR) is 142 cm³/mol. The Kier molecular flexibility index (Phi) is 9.35. The van der Waals surface area contributed by atoms with Gasteiger partial charge in [-0.1, -0.05) is 12.1 Å². The number of hydrogen-bond acceptors (Lipinski definition) is 5. The number of amides is 1. The molecule has 0 saturated carbocycles. The zero-order chi connectivity index (χ0) is 29.6. The smallest absolute Gasteiger partial charge is 0.478 e. The molecule has 1 amide bonds. The number of anilines is 3. The van der Waals surface area contributed by atoms with Gasteiger partial charge < -0.3 is 25.3 Å². The minimum absolute atomic E-state index is 0.128. The van der Waals surface area contributed by atoms with Crippen molar-refractivity contribution in [3.63, 3.8) is 0 Å². The minimum atomic E-state index is -5.08. The molecule has 1 atom stereocenters. The van der Waals surface area contributed by atoms with Crippen molar-refractivity contribution in [2.45, 2.75) is 26.1 Å². The lowest BCUT2D eigenvalue weighted by Crippen LogP contribution is -2.52.